The summed E-state index contributed by atoms with van der Waals surface area (Å²) in [7, 11) is 1.69. The van der Waals surface area contributed by atoms with Crippen LogP contribution in [-0.2, 0) is 14.4 Å². The van der Waals surface area contributed by atoms with Crippen molar-refractivity contribution in [3.8, 4) is 23.0 Å². The van der Waals surface area contributed by atoms with Gasteiger partial charge in [-0.1, -0.05) is 57.5 Å². The number of amides is 4. The monoisotopic (exact) mass is 738 g/mol. The summed E-state index contributed by atoms with van der Waals surface area (Å²) in [5.41, 5.74) is 0.164. The van der Waals surface area contributed by atoms with E-state index in [0.717, 1.165) is 0 Å². The van der Waals surface area contributed by atoms with Gasteiger partial charge >= 0.3 is 0 Å². The zero-order chi connectivity index (χ0) is 37.9. The van der Waals surface area contributed by atoms with Crippen LogP contribution >= 0.6 is 11.6 Å². The van der Waals surface area contributed by atoms with Crippen LogP contribution < -0.4 is 30.2 Å². The van der Waals surface area contributed by atoms with Crippen molar-refractivity contribution in [3.05, 3.63) is 83.1 Å². The van der Waals surface area contributed by atoms with Gasteiger partial charge in [0, 0.05) is 12.1 Å². The lowest BCUT2D eigenvalue weighted by molar-refractivity contribution is -0.138. The molecule has 52 heavy (non-hydrogen) atoms. The van der Waals surface area contributed by atoms with Gasteiger partial charge in [0.25, 0.3) is 5.91 Å². The first-order valence-electron chi connectivity index (χ1n) is 17.5. The Hall–Kier alpha value is -4.84. The second kappa shape index (κ2) is 18.6. The van der Waals surface area contributed by atoms with Gasteiger partial charge < -0.3 is 35.1 Å². The van der Waals surface area contributed by atoms with Crippen molar-refractivity contribution >= 4 is 35.2 Å². The first-order valence-corrected chi connectivity index (χ1v) is 17.8. The Kier molecular flexibility index (Phi) is 14.3. The van der Waals surface area contributed by atoms with Crippen molar-refractivity contribution in [2.24, 2.45) is 11.8 Å². The second-order valence-electron chi connectivity index (χ2n) is 13.9. The third-order valence-corrected chi connectivity index (χ3v) is 8.64. The third kappa shape index (κ3) is 11.3. The van der Waals surface area contributed by atoms with Crippen LogP contribution in [0, 0.1) is 17.7 Å². The molecule has 0 unspecified atom stereocenters. The standard InChI is InChI=1S/C39H48ClFN4O7/c1-23(2)18-27-22-50-33-12-8-7-10-29(33)37(47)44-31(20-35(46)43-32(19-24(3)4)39(49)45(27)6)38(48)42-25(5)21-51-36-30(41)11-9-13-34(36)52-28-16-14-26(40)15-17-28/h7-17,23-25,27,31-32H,18-22H2,1-6H3,(H,42,48)(H,43,46)(H,44,47)/t25-,27+,31+,32+/m1/s1. The minimum Gasteiger partial charge on any atom is -0.491 e. The summed E-state index contributed by atoms with van der Waals surface area (Å²) in [5, 5.41) is 8.77. The number of hydrogen-bond donors (Lipinski definition) is 3. The van der Waals surface area contributed by atoms with Gasteiger partial charge in [0.15, 0.2) is 17.3 Å². The highest BCUT2D eigenvalue weighted by atomic mass is 35.5. The lowest BCUT2D eigenvalue weighted by atomic mass is 9.99. The number of fused-ring (bicyclic) bond motifs is 1. The number of rotatable bonds is 11. The number of nitrogens with zero attached hydrogens (tertiary/aromatic N) is 1. The molecule has 11 nitrogen and oxygen atoms in total. The third-order valence-electron chi connectivity index (χ3n) is 8.39. The average molecular weight is 739 g/mol. The van der Waals surface area contributed by atoms with E-state index in [2.05, 4.69) is 16.0 Å². The molecule has 280 valence electrons. The Bertz CT molecular complexity index is 1700. The van der Waals surface area contributed by atoms with E-state index in [1.807, 2.05) is 27.7 Å². The summed E-state index contributed by atoms with van der Waals surface area (Å²) >= 11 is 5.96. The molecular weight excluding hydrogens is 691 g/mol. The van der Waals surface area contributed by atoms with Crippen molar-refractivity contribution in [2.75, 3.05) is 20.3 Å². The molecule has 1 aliphatic heterocycles. The van der Waals surface area contributed by atoms with E-state index in [1.54, 1.807) is 73.5 Å². The van der Waals surface area contributed by atoms with E-state index in [9.17, 15) is 23.6 Å². The highest BCUT2D eigenvalue weighted by Gasteiger charge is 2.33. The fourth-order valence-electron chi connectivity index (χ4n) is 5.78. The maximum atomic E-state index is 14.9. The molecule has 0 saturated carbocycles. The molecule has 3 aromatic rings. The summed E-state index contributed by atoms with van der Waals surface area (Å²) < 4.78 is 32.7. The molecule has 1 heterocycles. The number of carbonyl (C=O) groups excluding carboxylic acids is 4. The SMILES string of the molecule is CC(C)C[C@H]1COc2ccccc2C(=O)N[C@H](C(=O)N[C@H](C)COc2c(F)cccc2Oc2ccc(Cl)cc2)CC(=O)N[C@@H](CC(C)C)C(=O)N1C. The lowest BCUT2D eigenvalue weighted by Crippen LogP contribution is -2.55. The molecule has 3 aromatic carbocycles. The number of carbonyl (C=O) groups is 4. The first kappa shape index (κ1) is 39.9. The second-order valence-corrected chi connectivity index (χ2v) is 14.3. The predicted molar refractivity (Wildman–Crippen MR) is 196 cm³/mol. The smallest absolute Gasteiger partial charge is 0.255 e. The van der Waals surface area contributed by atoms with Gasteiger partial charge in [0.05, 0.1) is 24.1 Å². The Morgan fingerprint density at radius 1 is 0.962 bits per heavy atom. The van der Waals surface area contributed by atoms with Crippen LogP contribution in [0.5, 0.6) is 23.0 Å². The Balaban J connectivity index is 1.55. The zero-order valence-corrected chi connectivity index (χ0v) is 31.2. The molecular formula is C39H48ClFN4O7. The predicted octanol–water partition coefficient (Wildman–Crippen LogP) is 6.14. The summed E-state index contributed by atoms with van der Waals surface area (Å²) in [6, 6.07) is 14.1. The maximum absolute atomic E-state index is 14.9. The van der Waals surface area contributed by atoms with Crippen LogP contribution in [0.4, 0.5) is 4.39 Å². The van der Waals surface area contributed by atoms with Gasteiger partial charge in [-0.25, -0.2) is 4.39 Å². The topological polar surface area (TPSA) is 135 Å². The molecule has 0 radical (unpaired) electrons. The van der Waals surface area contributed by atoms with Gasteiger partial charge in [0.2, 0.25) is 17.7 Å². The van der Waals surface area contributed by atoms with Gasteiger partial charge in [-0.3, -0.25) is 19.2 Å². The molecule has 4 amide bonds. The fourth-order valence-corrected chi connectivity index (χ4v) is 5.91. The molecule has 0 aliphatic carbocycles. The summed E-state index contributed by atoms with van der Waals surface area (Å²) in [6.07, 6.45) is 0.544. The summed E-state index contributed by atoms with van der Waals surface area (Å²) in [4.78, 5) is 56.4. The number of para-hydroxylation sites is 2. The number of likely N-dealkylation sites (N-methyl/N-ethyl adjacent to an activating group) is 1. The van der Waals surface area contributed by atoms with Gasteiger partial charge in [-0.05, 0) is 80.1 Å². The Morgan fingerprint density at radius 2 is 1.65 bits per heavy atom. The minimum atomic E-state index is -1.34. The van der Waals surface area contributed by atoms with Crippen molar-refractivity contribution in [2.45, 2.75) is 78.0 Å². The number of nitrogens with one attached hydrogen (secondary N) is 3. The molecule has 4 rings (SSSR count). The normalized spacial score (nSPS) is 19.2. The highest BCUT2D eigenvalue weighted by Crippen LogP contribution is 2.34. The van der Waals surface area contributed by atoms with E-state index in [-0.39, 0.29) is 59.8 Å². The van der Waals surface area contributed by atoms with Crippen LogP contribution in [0.15, 0.2) is 66.7 Å². The largest absolute Gasteiger partial charge is 0.491 e. The van der Waals surface area contributed by atoms with E-state index < -0.39 is 48.1 Å². The van der Waals surface area contributed by atoms with Gasteiger partial charge in [-0.15, -0.1) is 0 Å². The van der Waals surface area contributed by atoms with Crippen LogP contribution in [0.1, 0.15) is 64.2 Å². The van der Waals surface area contributed by atoms with Crippen molar-refractivity contribution in [1.29, 1.82) is 0 Å². The van der Waals surface area contributed by atoms with Crippen LogP contribution in [-0.4, -0.2) is 73.0 Å². The van der Waals surface area contributed by atoms with Crippen LogP contribution in [0.3, 0.4) is 0 Å². The molecule has 0 bridgehead atoms. The first-order chi connectivity index (χ1) is 24.7. The Morgan fingerprint density at radius 3 is 2.35 bits per heavy atom. The van der Waals surface area contributed by atoms with E-state index in [0.29, 0.717) is 23.6 Å². The minimum absolute atomic E-state index is 0.0689. The lowest BCUT2D eigenvalue weighted by Gasteiger charge is -2.33. The highest BCUT2D eigenvalue weighted by molar-refractivity contribution is 6.30. The maximum Gasteiger partial charge on any atom is 0.255 e. The summed E-state index contributed by atoms with van der Waals surface area (Å²) in [5.74, 6) is -1.90. The van der Waals surface area contributed by atoms with Gasteiger partial charge in [-0.2, -0.15) is 0 Å². The molecule has 4 atom stereocenters. The van der Waals surface area contributed by atoms with E-state index in [1.165, 1.54) is 12.1 Å². The molecule has 3 N–H and O–H groups in total. The van der Waals surface area contributed by atoms with E-state index >= 15 is 0 Å². The number of hydrogen-bond acceptors (Lipinski definition) is 7. The number of benzene rings is 3. The zero-order valence-electron chi connectivity index (χ0n) is 30.4. The molecule has 13 heteroatoms. The van der Waals surface area contributed by atoms with Crippen LogP contribution in [0.25, 0.3) is 0 Å². The van der Waals surface area contributed by atoms with Crippen LogP contribution in [0.2, 0.25) is 5.02 Å². The van der Waals surface area contributed by atoms with Crippen molar-refractivity contribution in [1.82, 2.24) is 20.9 Å². The van der Waals surface area contributed by atoms with E-state index in [4.69, 9.17) is 25.8 Å². The van der Waals surface area contributed by atoms with Crippen molar-refractivity contribution in [3.63, 3.8) is 0 Å². The molecule has 0 spiro atoms. The molecule has 0 saturated heterocycles. The molecule has 0 aromatic heterocycles. The van der Waals surface area contributed by atoms with Gasteiger partial charge in [0.1, 0.15) is 36.8 Å². The number of halogens is 2. The summed E-state index contributed by atoms with van der Waals surface area (Å²) in [6.45, 7) is 9.56. The quantitative estimate of drug-likeness (QED) is 0.215. The number of ether oxygens (including phenoxy) is 3. The van der Waals surface area contributed by atoms with Crippen molar-refractivity contribution < 1.29 is 37.8 Å². The molecule has 0 fully saturated rings. The fraction of sp³-hybridized carbons (Fsp3) is 0.436. The average Bonchev–Trinajstić information content (AvgIpc) is 3.09. The Labute approximate surface area is 309 Å². The molecule has 1 aliphatic rings.